The largest absolute Gasteiger partial charge is 0.387 e. The van der Waals surface area contributed by atoms with Gasteiger partial charge in [-0.1, -0.05) is 170 Å². The molecule has 0 rings (SSSR count). The lowest BCUT2D eigenvalue weighted by Crippen LogP contribution is -2.46. The number of rotatable bonds is 35. The summed E-state index contributed by atoms with van der Waals surface area (Å²) in [4.78, 5) is 12.5. The standard InChI is InChI=1S/C43H75NO5S/c1-3-5-7-9-11-13-15-17-19-20-21-22-23-25-26-28-30-32-34-36-38-42(45)41(40-50(47,48)49)44-43(46)39-37-35-33-31-29-27-24-18-16-14-12-10-8-6-4-2/h6,8,12,14,18,24,28-31,36,38,41-42,45H,3-5,7,9-11,13,15-17,19-23,25-27,32-35,37,39-40H2,1-2H3,(H,44,46)(H,47,48,49)/b8-6-,14-12-,24-18-,30-28+,31-29-,38-36+. The molecule has 1 amide bonds. The smallest absolute Gasteiger partial charge is 0.267 e. The second-order valence-corrected chi connectivity index (χ2v) is 15.0. The van der Waals surface area contributed by atoms with Crippen LogP contribution in [0.25, 0.3) is 0 Å². The maximum atomic E-state index is 12.5. The monoisotopic (exact) mass is 718 g/mol. The number of nitrogens with one attached hydrogen (secondary N) is 1. The van der Waals surface area contributed by atoms with Gasteiger partial charge in [-0.3, -0.25) is 9.35 Å². The third-order valence-electron chi connectivity index (χ3n) is 8.62. The maximum absolute atomic E-state index is 12.5. The quantitative estimate of drug-likeness (QED) is 0.0344. The lowest BCUT2D eigenvalue weighted by Gasteiger charge is -2.21. The highest BCUT2D eigenvalue weighted by atomic mass is 32.2. The lowest BCUT2D eigenvalue weighted by molar-refractivity contribution is -0.122. The van der Waals surface area contributed by atoms with Crippen molar-refractivity contribution in [3.63, 3.8) is 0 Å². The van der Waals surface area contributed by atoms with Crippen LogP contribution in [0.5, 0.6) is 0 Å². The second kappa shape index (κ2) is 36.6. The van der Waals surface area contributed by atoms with Gasteiger partial charge in [0.05, 0.1) is 17.9 Å². The van der Waals surface area contributed by atoms with Gasteiger partial charge in [-0.05, 0) is 70.6 Å². The average Bonchev–Trinajstić information content (AvgIpc) is 3.08. The Morgan fingerprint density at radius 3 is 1.50 bits per heavy atom. The molecule has 50 heavy (non-hydrogen) atoms. The van der Waals surface area contributed by atoms with Gasteiger partial charge in [-0.25, -0.2) is 0 Å². The molecule has 0 fully saturated rings. The number of amides is 1. The van der Waals surface area contributed by atoms with Gasteiger partial charge in [0.25, 0.3) is 10.1 Å². The molecule has 0 radical (unpaired) electrons. The zero-order valence-corrected chi connectivity index (χ0v) is 32.8. The summed E-state index contributed by atoms with van der Waals surface area (Å²) in [5.74, 6) is -1.06. The number of allylic oxidation sites excluding steroid dienone is 11. The van der Waals surface area contributed by atoms with Crippen LogP contribution in [-0.2, 0) is 14.9 Å². The Balaban J connectivity index is 4.05. The fraction of sp³-hybridized carbons (Fsp3) is 0.698. The first-order valence-corrected chi connectivity index (χ1v) is 21.7. The number of unbranched alkanes of at least 4 members (excludes halogenated alkanes) is 17. The van der Waals surface area contributed by atoms with E-state index in [0.29, 0.717) is 12.8 Å². The molecule has 3 N–H and O–H groups in total. The minimum atomic E-state index is -4.37. The summed E-state index contributed by atoms with van der Waals surface area (Å²) >= 11 is 0. The van der Waals surface area contributed by atoms with E-state index in [0.717, 1.165) is 51.4 Å². The fourth-order valence-electron chi connectivity index (χ4n) is 5.63. The van der Waals surface area contributed by atoms with Gasteiger partial charge in [0.1, 0.15) is 0 Å². The van der Waals surface area contributed by atoms with Gasteiger partial charge < -0.3 is 10.4 Å². The van der Waals surface area contributed by atoms with E-state index in [1.807, 2.05) is 0 Å². The van der Waals surface area contributed by atoms with Crippen molar-refractivity contribution in [2.75, 3.05) is 5.75 Å². The van der Waals surface area contributed by atoms with Gasteiger partial charge in [0, 0.05) is 6.42 Å². The minimum absolute atomic E-state index is 0.232. The van der Waals surface area contributed by atoms with Crippen molar-refractivity contribution < 1.29 is 22.9 Å². The predicted octanol–water partition coefficient (Wildman–Crippen LogP) is 11.8. The van der Waals surface area contributed by atoms with E-state index < -0.39 is 28.0 Å². The van der Waals surface area contributed by atoms with E-state index >= 15 is 0 Å². The summed E-state index contributed by atoms with van der Waals surface area (Å²) in [6.07, 6.45) is 51.8. The molecule has 2 unspecified atom stereocenters. The summed E-state index contributed by atoms with van der Waals surface area (Å²) in [6, 6.07) is -1.10. The molecule has 0 aliphatic heterocycles. The maximum Gasteiger partial charge on any atom is 0.267 e. The molecule has 0 saturated carbocycles. The topological polar surface area (TPSA) is 104 Å². The van der Waals surface area contributed by atoms with Crippen molar-refractivity contribution in [3.8, 4) is 0 Å². The molecular weight excluding hydrogens is 643 g/mol. The van der Waals surface area contributed by atoms with Gasteiger partial charge in [0.2, 0.25) is 5.91 Å². The average molecular weight is 718 g/mol. The molecule has 0 aromatic carbocycles. The van der Waals surface area contributed by atoms with Crippen LogP contribution in [0.4, 0.5) is 0 Å². The highest BCUT2D eigenvalue weighted by Gasteiger charge is 2.24. The highest BCUT2D eigenvalue weighted by molar-refractivity contribution is 7.85. The van der Waals surface area contributed by atoms with Crippen molar-refractivity contribution in [1.29, 1.82) is 0 Å². The lowest BCUT2D eigenvalue weighted by atomic mass is 10.0. The fourth-order valence-corrected chi connectivity index (χ4v) is 6.37. The van der Waals surface area contributed by atoms with Crippen LogP contribution in [0.3, 0.4) is 0 Å². The van der Waals surface area contributed by atoms with Gasteiger partial charge in [0.15, 0.2) is 0 Å². The van der Waals surface area contributed by atoms with Crippen LogP contribution < -0.4 is 5.32 Å². The minimum Gasteiger partial charge on any atom is -0.387 e. The van der Waals surface area contributed by atoms with Gasteiger partial charge in [-0.15, -0.1) is 0 Å². The molecule has 288 valence electrons. The summed E-state index contributed by atoms with van der Waals surface area (Å²) in [7, 11) is -4.37. The van der Waals surface area contributed by atoms with E-state index in [2.05, 4.69) is 79.9 Å². The number of aliphatic hydroxyl groups excluding tert-OH is 1. The first-order valence-electron chi connectivity index (χ1n) is 20.1. The highest BCUT2D eigenvalue weighted by Crippen LogP contribution is 2.14. The number of carbonyl (C=O) groups excluding carboxylic acids is 1. The molecule has 0 spiro atoms. The number of hydrogen-bond acceptors (Lipinski definition) is 4. The van der Waals surface area contributed by atoms with Crippen LogP contribution in [0.1, 0.15) is 174 Å². The van der Waals surface area contributed by atoms with Crippen molar-refractivity contribution in [2.45, 2.75) is 187 Å². The van der Waals surface area contributed by atoms with Crippen LogP contribution in [0, 0.1) is 0 Å². The van der Waals surface area contributed by atoms with E-state index in [4.69, 9.17) is 0 Å². The second-order valence-electron chi connectivity index (χ2n) is 13.5. The molecule has 0 aromatic heterocycles. The van der Waals surface area contributed by atoms with Crippen molar-refractivity contribution in [3.05, 3.63) is 72.9 Å². The summed E-state index contributed by atoms with van der Waals surface area (Å²) in [5.41, 5.74) is 0. The number of hydrogen-bond donors (Lipinski definition) is 3. The normalized spacial score (nSPS) is 14.1. The Morgan fingerprint density at radius 1 is 0.560 bits per heavy atom. The molecular formula is C43H75NO5S. The zero-order chi connectivity index (χ0) is 36.8. The van der Waals surface area contributed by atoms with Crippen molar-refractivity contribution >= 4 is 16.0 Å². The van der Waals surface area contributed by atoms with Crippen LogP contribution in [0.2, 0.25) is 0 Å². The molecule has 6 nitrogen and oxygen atoms in total. The Labute approximate surface area is 308 Å². The van der Waals surface area contributed by atoms with Gasteiger partial charge in [-0.2, -0.15) is 8.42 Å². The SMILES string of the molecule is CC/C=C\C/C=C\C/C=C\C/C=C\CCCCC(=O)NC(CS(=O)(=O)O)C(O)/C=C/CC/C=C/CCCCCCCCCCCCCCCC. The molecule has 0 saturated heterocycles. The molecule has 7 heteroatoms. The zero-order valence-electron chi connectivity index (χ0n) is 32.0. The Bertz CT molecular complexity index is 1060. The Hall–Kier alpha value is -2.22. The van der Waals surface area contributed by atoms with E-state index in [1.54, 1.807) is 6.08 Å². The predicted molar refractivity (Wildman–Crippen MR) is 216 cm³/mol. The summed E-state index contributed by atoms with van der Waals surface area (Å²) in [6.45, 7) is 4.40. The molecule has 0 bridgehead atoms. The Morgan fingerprint density at radius 2 is 0.980 bits per heavy atom. The van der Waals surface area contributed by atoms with Crippen LogP contribution >= 0.6 is 0 Å². The molecule has 0 aliphatic rings. The number of carbonyl (C=O) groups is 1. The van der Waals surface area contributed by atoms with Gasteiger partial charge >= 0.3 is 0 Å². The first kappa shape index (κ1) is 47.8. The van der Waals surface area contributed by atoms with Crippen LogP contribution in [0.15, 0.2) is 72.9 Å². The first-order chi connectivity index (χ1) is 24.3. The molecule has 2 atom stereocenters. The van der Waals surface area contributed by atoms with E-state index in [-0.39, 0.29) is 12.3 Å². The molecule has 0 aliphatic carbocycles. The molecule has 0 aromatic rings. The van der Waals surface area contributed by atoms with E-state index in [9.17, 15) is 22.9 Å². The van der Waals surface area contributed by atoms with Crippen LogP contribution in [-0.4, -0.2) is 41.9 Å². The van der Waals surface area contributed by atoms with Crippen molar-refractivity contribution in [1.82, 2.24) is 5.32 Å². The van der Waals surface area contributed by atoms with E-state index in [1.165, 1.54) is 96.0 Å². The third kappa shape index (κ3) is 37.0. The molecule has 0 heterocycles. The summed E-state index contributed by atoms with van der Waals surface area (Å²) in [5, 5.41) is 13.2. The van der Waals surface area contributed by atoms with Crippen molar-refractivity contribution in [2.24, 2.45) is 0 Å². The number of aliphatic hydroxyl groups is 1. The summed E-state index contributed by atoms with van der Waals surface area (Å²) < 4.78 is 32.4. The third-order valence-corrected chi connectivity index (χ3v) is 9.40. The Kier molecular flexibility index (Phi) is 34.9.